The molecule has 74 valence electrons. The third-order valence-corrected chi connectivity index (χ3v) is 1.17. The van der Waals surface area contributed by atoms with Gasteiger partial charge in [-0.1, -0.05) is 0 Å². The molecule has 0 fully saturated rings. The zero-order valence-corrected chi connectivity index (χ0v) is 6.18. The van der Waals surface area contributed by atoms with Crippen LogP contribution in [-0.2, 0) is 4.74 Å². The van der Waals surface area contributed by atoms with Crippen molar-refractivity contribution in [2.24, 2.45) is 0 Å². The zero-order chi connectivity index (χ0) is 10.2. The number of halogens is 6. The Morgan fingerprint density at radius 2 is 1.25 bits per heavy atom. The summed E-state index contributed by atoms with van der Waals surface area (Å²) >= 11 is 0. The molecule has 0 aliphatic carbocycles. The van der Waals surface area contributed by atoms with Gasteiger partial charge in [-0.2, -0.15) is 26.3 Å². The molecule has 0 aliphatic heterocycles. The van der Waals surface area contributed by atoms with Crippen molar-refractivity contribution < 1.29 is 31.1 Å². The quantitative estimate of drug-likeness (QED) is 0.630. The average molecular weight is 196 g/mol. The van der Waals surface area contributed by atoms with Crippen molar-refractivity contribution in [1.29, 1.82) is 0 Å². The van der Waals surface area contributed by atoms with Crippen LogP contribution in [0.2, 0.25) is 0 Å². The molecule has 7 heteroatoms. The first-order valence-electron chi connectivity index (χ1n) is 2.75. The first-order chi connectivity index (χ1) is 5.06. The van der Waals surface area contributed by atoms with E-state index >= 15 is 0 Å². The topological polar surface area (TPSA) is 9.23 Å². The van der Waals surface area contributed by atoms with E-state index in [2.05, 4.69) is 4.74 Å². The molecular formula is C5H6F6O. The summed E-state index contributed by atoms with van der Waals surface area (Å²) < 4.78 is 74.8. The molecule has 1 nitrogen and oxygen atoms in total. The number of rotatable bonds is 3. The first kappa shape index (κ1) is 11.5. The number of hydrogen-bond donors (Lipinski definition) is 0. The zero-order valence-electron chi connectivity index (χ0n) is 6.18. The van der Waals surface area contributed by atoms with Crippen molar-refractivity contribution in [1.82, 2.24) is 0 Å². The Hall–Kier alpha value is -0.460. The Morgan fingerprint density at radius 3 is 1.33 bits per heavy atom. The summed E-state index contributed by atoms with van der Waals surface area (Å²) in [5.41, 5.74) is 0. The summed E-state index contributed by atoms with van der Waals surface area (Å²) in [5, 5.41) is 0. The molecule has 0 unspecified atom stereocenters. The molecule has 0 aromatic heterocycles. The summed E-state index contributed by atoms with van der Waals surface area (Å²) in [6.45, 7) is -0.306. The van der Waals surface area contributed by atoms with Crippen LogP contribution in [0.15, 0.2) is 0 Å². The molecule has 0 aromatic carbocycles. The van der Waals surface area contributed by atoms with E-state index in [4.69, 9.17) is 0 Å². The van der Waals surface area contributed by atoms with Crippen LogP contribution in [0.4, 0.5) is 26.3 Å². The number of alkyl halides is 6. The Morgan fingerprint density at radius 1 is 0.917 bits per heavy atom. The molecule has 0 bridgehead atoms. The van der Waals surface area contributed by atoms with Gasteiger partial charge in [-0.25, -0.2) is 0 Å². The standard InChI is InChI=1S/C5H6F6O/c1-3(6,7)4(8,9)5(10,11)12-2/h1-2H3. The van der Waals surface area contributed by atoms with Gasteiger partial charge in [0.1, 0.15) is 0 Å². The second kappa shape index (κ2) is 2.79. The monoisotopic (exact) mass is 196 g/mol. The second-order valence-corrected chi connectivity index (χ2v) is 2.18. The van der Waals surface area contributed by atoms with Crippen molar-refractivity contribution in [3.8, 4) is 0 Å². The molecule has 0 radical (unpaired) electrons. The molecular weight excluding hydrogens is 190 g/mol. The fraction of sp³-hybridized carbons (Fsp3) is 1.00. The highest BCUT2D eigenvalue weighted by Gasteiger charge is 2.70. The molecule has 0 rings (SSSR count). The third kappa shape index (κ3) is 1.65. The fourth-order valence-corrected chi connectivity index (χ4v) is 0.384. The summed E-state index contributed by atoms with van der Waals surface area (Å²) in [6, 6.07) is 0. The number of methoxy groups -OCH3 is 1. The molecule has 0 aliphatic rings. The van der Waals surface area contributed by atoms with Gasteiger partial charge in [0, 0.05) is 14.0 Å². The van der Waals surface area contributed by atoms with Crippen molar-refractivity contribution >= 4 is 0 Å². The van der Waals surface area contributed by atoms with Gasteiger partial charge in [0.2, 0.25) is 0 Å². The largest absolute Gasteiger partial charge is 0.425 e. The third-order valence-electron chi connectivity index (χ3n) is 1.17. The maximum absolute atomic E-state index is 12.1. The molecule has 0 atom stereocenters. The first-order valence-corrected chi connectivity index (χ1v) is 2.75. The lowest BCUT2D eigenvalue weighted by Gasteiger charge is -2.28. The van der Waals surface area contributed by atoms with Gasteiger partial charge in [0.05, 0.1) is 0 Å². The maximum Gasteiger partial charge on any atom is 0.425 e. The lowest BCUT2D eigenvalue weighted by atomic mass is 10.2. The van der Waals surface area contributed by atoms with E-state index in [1.54, 1.807) is 0 Å². The van der Waals surface area contributed by atoms with Crippen LogP contribution in [0.1, 0.15) is 6.92 Å². The van der Waals surface area contributed by atoms with Crippen LogP contribution in [-0.4, -0.2) is 25.1 Å². The van der Waals surface area contributed by atoms with Gasteiger partial charge in [-0.05, 0) is 0 Å². The molecule has 0 saturated carbocycles. The second-order valence-electron chi connectivity index (χ2n) is 2.18. The van der Waals surface area contributed by atoms with Gasteiger partial charge in [-0.15, -0.1) is 0 Å². The molecule has 0 N–H and O–H groups in total. The Labute approximate surface area is 64.3 Å². The lowest BCUT2D eigenvalue weighted by molar-refractivity contribution is -0.388. The summed E-state index contributed by atoms with van der Waals surface area (Å²) in [5.74, 6) is -10.3. The lowest BCUT2D eigenvalue weighted by Crippen LogP contribution is -2.53. The Bertz CT molecular complexity index is 160. The van der Waals surface area contributed by atoms with Crippen LogP contribution in [0.5, 0.6) is 0 Å². The van der Waals surface area contributed by atoms with Crippen LogP contribution in [0, 0.1) is 0 Å². The number of ether oxygens (including phenoxy) is 1. The molecule has 0 aromatic rings. The van der Waals surface area contributed by atoms with Gasteiger partial charge >= 0.3 is 18.0 Å². The van der Waals surface area contributed by atoms with E-state index in [0.29, 0.717) is 0 Å². The maximum atomic E-state index is 12.1. The summed E-state index contributed by atoms with van der Waals surface area (Å²) in [4.78, 5) is 0. The Balaban J connectivity index is 4.85. The highest BCUT2D eigenvalue weighted by molar-refractivity contribution is 4.88. The van der Waals surface area contributed by atoms with Crippen molar-refractivity contribution in [3.63, 3.8) is 0 Å². The molecule has 12 heavy (non-hydrogen) atoms. The summed E-state index contributed by atoms with van der Waals surface area (Å²) in [7, 11) is 0.222. The predicted octanol–water partition coefficient (Wildman–Crippen LogP) is 2.52. The normalized spacial score (nSPS) is 15.0. The van der Waals surface area contributed by atoms with Crippen molar-refractivity contribution in [3.05, 3.63) is 0 Å². The molecule has 0 amide bonds. The minimum absolute atomic E-state index is 0.222. The minimum Gasteiger partial charge on any atom is -0.319 e. The van der Waals surface area contributed by atoms with Crippen molar-refractivity contribution in [2.75, 3.05) is 7.11 Å². The highest BCUT2D eigenvalue weighted by Crippen LogP contribution is 2.45. The van der Waals surface area contributed by atoms with Gasteiger partial charge in [0.15, 0.2) is 0 Å². The average Bonchev–Trinajstić information content (AvgIpc) is 1.85. The van der Waals surface area contributed by atoms with Gasteiger partial charge < -0.3 is 4.74 Å². The van der Waals surface area contributed by atoms with E-state index in [9.17, 15) is 26.3 Å². The minimum atomic E-state index is -5.51. The number of hydrogen-bond acceptors (Lipinski definition) is 1. The smallest absolute Gasteiger partial charge is 0.319 e. The van der Waals surface area contributed by atoms with E-state index < -0.39 is 18.0 Å². The highest BCUT2D eigenvalue weighted by atomic mass is 19.3. The van der Waals surface area contributed by atoms with Crippen molar-refractivity contribution in [2.45, 2.75) is 24.9 Å². The van der Waals surface area contributed by atoms with Gasteiger partial charge in [-0.3, -0.25) is 0 Å². The van der Waals surface area contributed by atoms with Crippen LogP contribution >= 0.6 is 0 Å². The van der Waals surface area contributed by atoms with E-state index in [0.717, 1.165) is 0 Å². The molecule has 0 saturated heterocycles. The molecule has 0 spiro atoms. The van der Waals surface area contributed by atoms with Crippen LogP contribution in [0.25, 0.3) is 0 Å². The SMILES string of the molecule is COC(F)(F)C(F)(F)C(C)(F)F. The van der Waals surface area contributed by atoms with E-state index in [1.165, 1.54) is 0 Å². The Kier molecular flexibility index (Phi) is 2.68. The fourth-order valence-electron chi connectivity index (χ4n) is 0.384. The predicted molar refractivity (Wildman–Crippen MR) is 27.5 cm³/mol. The van der Waals surface area contributed by atoms with Crippen LogP contribution < -0.4 is 0 Å². The van der Waals surface area contributed by atoms with E-state index in [-0.39, 0.29) is 14.0 Å². The van der Waals surface area contributed by atoms with Crippen LogP contribution in [0.3, 0.4) is 0 Å². The summed E-state index contributed by atoms with van der Waals surface area (Å²) in [6.07, 6.45) is -5.16. The van der Waals surface area contributed by atoms with Gasteiger partial charge in [0.25, 0.3) is 0 Å². The van der Waals surface area contributed by atoms with E-state index in [1.807, 2.05) is 0 Å². The molecule has 0 heterocycles.